The summed E-state index contributed by atoms with van der Waals surface area (Å²) >= 11 is 0. The number of hydrogen-bond acceptors (Lipinski definition) is 31. The number of benzene rings is 10. The van der Waals surface area contributed by atoms with E-state index in [2.05, 4.69) is 155 Å². The third kappa shape index (κ3) is 28.6. The molecule has 0 spiro atoms. The second-order valence-electron chi connectivity index (χ2n) is 34.1. The Morgan fingerprint density at radius 3 is 1.03 bits per heavy atom. The fraction of sp³-hybridized carbons (Fsp3) is 0.363. The number of nitrogens with zero attached hydrogens (tertiary/aromatic N) is 13. The summed E-state index contributed by atoms with van der Waals surface area (Å²) in [6.45, 7) is 46.7. The molecule has 1 aliphatic heterocycles. The molecule has 145 heavy (non-hydrogen) atoms. The Balaban J connectivity index is 0.000000152. The molecule has 7 heterocycles. The molecule has 0 saturated carbocycles. The van der Waals surface area contributed by atoms with Gasteiger partial charge in [-0.05, 0) is 315 Å². The number of rotatable bonds is 43. The van der Waals surface area contributed by atoms with E-state index in [4.69, 9.17) is 75.0 Å². The average Bonchev–Trinajstić information content (AvgIpc) is 1.62. The van der Waals surface area contributed by atoms with E-state index < -0.39 is 0 Å². The zero-order chi connectivity index (χ0) is 103. The number of aromatic nitrogens is 11. The van der Waals surface area contributed by atoms with Crippen molar-refractivity contribution in [1.82, 2.24) is 75.7 Å². The van der Waals surface area contributed by atoms with Crippen LogP contribution in [0.3, 0.4) is 0 Å². The Morgan fingerprint density at radius 2 is 0.690 bits per heavy atom. The number of likely N-dealkylation sites (tertiary alicyclic amines) is 1. The number of fused-ring (bicyclic) bond motifs is 1. The number of aromatic amines is 1. The van der Waals surface area contributed by atoms with Gasteiger partial charge in [-0.15, -0.1) is 0 Å². The van der Waals surface area contributed by atoms with Crippen molar-refractivity contribution >= 4 is 10.9 Å². The number of nitrogens with one attached hydrogen (secondary N) is 2. The molecule has 1 saturated heterocycles. The Hall–Kier alpha value is -14.8. The predicted octanol–water partition coefficient (Wildman–Crippen LogP) is 22.8. The summed E-state index contributed by atoms with van der Waals surface area (Å²) in [5.74, 6) is 11.7. The average molecular weight is 1980 g/mol. The number of aliphatic hydroxyl groups is 2. The Bertz CT molecular complexity index is 6790. The van der Waals surface area contributed by atoms with Crippen LogP contribution in [0, 0.1) is 27.7 Å². The van der Waals surface area contributed by atoms with Gasteiger partial charge in [0, 0.05) is 105 Å². The van der Waals surface area contributed by atoms with Crippen LogP contribution in [-0.4, -0.2) is 200 Å². The highest BCUT2D eigenvalue weighted by molar-refractivity contribution is 5.96. The van der Waals surface area contributed by atoms with E-state index >= 15 is 0 Å². The maximum atomic E-state index is 9.29. The lowest BCUT2D eigenvalue weighted by Gasteiger charge is -2.17. The fourth-order valence-electron chi connectivity index (χ4n) is 16.4. The van der Waals surface area contributed by atoms with Gasteiger partial charge in [0.25, 0.3) is 29.5 Å². The second-order valence-corrected chi connectivity index (χ2v) is 34.1. The minimum absolute atomic E-state index is 0.00496. The summed E-state index contributed by atoms with van der Waals surface area (Å²) < 4.78 is 84.1. The van der Waals surface area contributed by atoms with Crippen LogP contribution < -0.4 is 52.7 Å². The van der Waals surface area contributed by atoms with E-state index in [9.17, 15) is 10.2 Å². The van der Waals surface area contributed by atoms with E-state index in [1.54, 1.807) is 0 Å². The summed E-state index contributed by atoms with van der Waals surface area (Å²) in [5.41, 5.74) is 19.5. The van der Waals surface area contributed by atoms with Crippen molar-refractivity contribution < 1.29 is 80.2 Å². The highest BCUT2D eigenvalue weighted by Crippen LogP contribution is 2.41. The predicted molar refractivity (Wildman–Crippen MR) is 562 cm³/mol. The van der Waals surface area contributed by atoms with Crippen molar-refractivity contribution in [3.8, 4) is 172 Å². The molecule has 0 aliphatic carbocycles. The highest BCUT2D eigenvalue weighted by atomic mass is 16.5. The van der Waals surface area contributed by atoms with Gasteiger partial charge in [0.1, 0.15) is 0 Å². The summed E-state index contributed by atoms with van der Waals surface area (Å²) in [6.07, 6.45) is 4.67. The van der Waals surface area contributed by atoms with Crippen LogP contribution in [0.2, 0.25) is 0 Å². The first-order valence-electron chi connectivity index (χ1n) is 49.9. The Morgan fingerprint density at radius 1 is 0.345 bits per heavy atom. The van der Waals surface area contributed by atoms with Gasteiger partial charge in [0.05, 0.1) is 79.3 Å². The quantitative estimate of drug-likeness (QED) is 0.0258. The third-order valence-corrected chi connectivity index (χ3v) is 23.7. The van der Waals surface area contributed by atoms with E-state index in [0.717, 1.165) is 135 Å². The lowest BCUT2D eigenvalue weighted by Crippen LogP contribution is -2.31. The van der Waals surface area contributed by atoms with Gasteiger partial charge in [-0.2, -0.15) is 24.9 Å². The number of likely N-dealkylation sites (N-methyl/N-ethyl adjacent to an activating group) is 1. The first kappa shape index (κ1) is 107. The molecule has 764 valence electrons. The zero-order valence-corrected chi connectivity index (χ0v) is 86.5. The first-order chi connectivity index (χ1) is 70.7. The number of hydrogen-bond donors (Lipinski definition) is 4. The molecule has 32 nitrogen and oxygen atoms in total. The van der Waals surface area contributed by atoms with Crippen LogP contribution in [0.4, 0.5) is 0 Å². The number of ether oxygens (including phenoxy) is 10. The topological polar surface area (TPSA) is 365 Å². The first-order valence-corrected chi connectivity index (χ1v) is 49.9. The van der Waals surface area contributed by atoms with Crippen LogP contribution in [0.5, 0.6) is 57.5 Å². The van der Waals surface area contributed by atoms with Crippen LogP contribution in [-0.2, 0) is 32.8 Å². The maximum absolute atomic E-state index is 9.29. The van der Waals surface area contributed by atoms with Gasteiger partial charge in [0.2, 0.25) is 29.1 Å². The van der Waals surface area contributed by atoms with Crippen molar-refractivity contribution in [2.75, 3.05) is 119 Å². The number of H-pyrrole nitrogens is 1. The maximum Gasteiger partial charge on any atom is 0.258 e. The SMILES string of the molecule is CCOc1ccc(-c2nc(-c3ccc(CN(C)C)c(C)c3)no2)cc1OCC.CCOc1ccc(-c2nc(-c3ccc(CN4CCCC4)c(C)c3)no2)cc1OCC.CCOc1ccc(-c2nc(-c3ccc(CO)c(C)c3)no2)cc1OCC.CCOc1ccc(-c2nc(-c3ccc(CO)cc3C)no2)cc1OCC.CCOc1ccc(-c2nc(-c3cccc4[nH]cc(CNCCN(CC)CC)c34)no2)cc1OCC. The molecule has 0 atom stereocenters. The highest BCUT2D eigenvalue weighted by Gasteiger charge is 2.25. The molecule has 0 radical (unpaired) electrons. The molecule has 0 bridgehead atoms. The molecular weight excluding hydrogens is 1840 g/mol. The molecule has 32 heteroatoms. The summed E-state index contributed by atoms with van der Waals surface area (Å²) in [6, 6.07) is 58.2. The van der Waals surface area contributed by atoms with Crippen LogP contribution in [0.25, 0.3) is 125 Å². The molecular formula is C113H135N15O17. The van der Waals surface area contributed by atoms with E-state index in [1.807, 2.05) is 229 Å². The van der Waals surface area contributed by atoms with Crippen molar-refractivity contribution in [2.45, 2.75) is 156 Å². The van der Waals surface area contributed by atoms with Gasteiger partial charge < -0.3 is 100 Å². The Kier molecular flexibility index (Phi) is 40.1. The third-order valence-electron chi connectivity index (χ3n) is 23.7. The molecule has 1 aliphatic rings. The summed E-state index contributed by atoms with van der Waals surface area (Å²) in [4.78, 5) is 33.4. The number of aliphatic hydroxyl groups excluding tert-OH is 2. The number of aryl methyl sites for hydroxylation is 4. The zero-order valence-electron chi connectivity index (χ0n) is 86.5. The normalized spacial score (nSPS) is 11.7. The summed E-state index contributed by atoms with van der Waals surface area (Å²) in [5, 5.41) is 44.0. The lowest BCUT2D eigenvalue weighted by atomic mass is 10.0. The molecule has 4 N–H and O–H groups in total. The van der Waals surface area contributed by atoms with Gasteiger partial charge >= 0.3 is 0 Å². The standard InChI is InChI=1S/C27H35N5O3.C24H29N3O3.C22H27N3O3.2C20H22N2O4/c1-5-32(6-2)15-14-28-17-20-18-29-22-11-9-10-21(25(20)22)26-30-27(35-31-26)19-12-13-23(33-7-3)24(16-19)34-8-4;1-4-28-21-11-10-19(15-22(21)29-5-2)24-25-23(26-30-24)18-8-9-20(17(3)14-18)16-27-12-6-7-13-27;1-6-26-19-11-10-17(13-20(19)27-7-2)22-23-21(24-28-22)16-8-9-18(14-25(4)5)15(3)12-16;1-4-24-17-9-7-15(11-18(17)25-5-2)20-21-19(22-26-20)16-8-6-14(12-23)10-13(16)3;1-4-24-17-9-8-15(11-18(17)25-5-2)20-21-19(22-26-20)14-6-7-16(12-23)13(3)10-14/h9-13,16,18,28-29H,5-8,14-15,17H2,1-4H3;8-11,14-15H,4-7,12-13,16H2,1-3H3;8-13H,6-7,14H2,1-5H3;2*6-11,23H,4-5,12H2,1-3H3. The second kappa shape index (κ2) is 54.1. The fourth-order valence-corrected chi connectivity index (χ4v) is 16.4. The molecule has 1 fully saturated rings. The van der Waals surface area contributed by atoms with Crippen LogP contribution in [0.15, 0.2) is 211 Å². The van der Waals surface area contributed by atoms with Gasteiger partial charge in [-0.25, -0.2) is 0 Å². The molecule has 6 aromatic heterocycles. The minimum Gasteiger partial charge on any atom is -0.490 e. The molecule has 0 amide bonds. The Labute approximate surface area is 848 Å². The van der Waals surface area contributed by atoms with Crippen molar-refractivity contribution in [3.05, 3.63) is 238 Å². The lowest BCUT2D eigenvalue weighted by molar-refractivity contribution is 0.281. The van der Waals surface area contributed by atoms with Crippen LogP contribution >= 0.6 is 0 Å². The van der Waals surface area contributed by atoms with E-state index in [0.29, 0.717) is 182 Å². The monoisotopic (exact) mass is 1970 g/mol. The van der Waals surface area contributed by atoms with Gasteiger partial charge in [0.15, 0.2) is 57.5 Å². The summed E-state index contributed by atoms with van der Waals surface area (Å²) in [7, 11) is 4.12. The smallest absolute Gasteiger partial charge is 0.258 e. The minimum atomic E-state index is 0.00496. The molecule has 10 aromatic carbocycles. The van der Waals surface area contributed by atoms with E-state index in [1.165, 1.54) is 53.7 Å². The van der Waals surface area contributed by atoms with Gasteiger partial charge in [-0.3, -0.25) is 4.90 Å². The van der Waals surface area contributed by atoms with Crippen molar-refractivity contribution in [2.24, 2.45) is 0 Å². The van der Waals surface area contributed by atoms with Gasteiger partial charge in [-0.1, -0.05) is 106 Å². The van der Waals surface area contributed by atoms with Crippen LogP contribution in [0.1, 0.15) is 146 Å². The molecule has 16 aromatic rings. The molecule has 17 rings (SSSR count). The van der Waals surface area contributed by atoms with Crippen molar-refractivity contribution in [3.63, 3.8) is 0 Å². The van der Waals surface area contributed by atoms with Crippen molar-refractivity contribution in [1.29, 1.82) is 0 Å². The molecule has 0 unspecified atom stereocenters. The largest absolute Gasteiger partial charge is 0.490 e. The van der Waals surface area contributed by atoms with E-state index in [-0.39, 0.29) is 13.2 Å².